The molecule has 0 aromatic carbocycles. The molecule has 1 aromatic heterocycles. The van der Waals surface area contributed by atoms with Crippen LogP contribution in [0.25, 0.3) is 0 Å². The average molecular weight is 253 g/mol. The zero-order chi connectivity index (χ0) is 13.5. The number of aryl methyl sites for hydroxylation is 1. The van der Waals surface area contributed by atoms with Gasteiger partial charge >= 0.3 is 5.97 Å². The first-order valence-corrected chi connectivity index (χ1v) is 6.51. The van der Waals surface area contributed by atoms with E-state index in [0.717, 1.165) is 24.2 Å². The molecular formula is C13H23N3O2. The van der Waals surface area contributed by atoms with Gasteiger partial charge in [-0.15, -0.1) is 0 Å². The highest BCUT2D eigenvalue weighted by Crippen LogP contribution is 2.14. The van der Waals surface area contributed by atoms with Gasteiger partial charge in [0.2, 0.25) is 0 Å². The van der Waals surface area contributed by atoms with Crippen molar-refractivity contribution < 1.29 is 9.53 Å². The van der Waals surface area contributed by atoms with Gasteiger partial charge in [0, 0.05) is 0 Å². The van der Waals surface area contributed by atoms with Crippen LogP contribution in [0.1, 0.15) is 44.0 Å². The maximum absolute atomic E-state index is 11.6. The number of esters is 1. The molecule has 0 saturated heterocycles. The van der Waals surface area contributed by atoms with Gasteiger partial charge < -0.3 is 10.5 Å². The lowest BCUT2D eigenvalue weighted by molar-refractivity contribution is -0.144. The molecule has 0 aliphatic rings. The molecule has 0 unspecified atom stereocenters. The molecule has 0 aliphatic heterocycles. The van der Waals surface area contributed by atoms with E-state index in [0.29, 0.717) is 12.3 Å². The van der Waals surface area contributed by atoms with Crippen molar-refractivity contribution in [2.24, 2.45) is 0 Å². The molecular weight excluding hydrogens is 230 g/mol. The zero-order valence-corrected chi connectivity index (χ0v) is 11.5. The SMILES string of the molecule is CCCCCCOC(=O)Cn1nc(C)c(N)c1C. The molecule has 0 atom stereocenters. The van der Waals surface area contributed by atoms with Crippen LogP contribution in [0.2, 0.25) is 0 Å². The molecule has 0 spiro atoms. The summed E-state index contributed by atoms with van der Waals surface area (Å²) in [6.07, 6.45) is 4.40. The standard InChI is InChI=1S/C13H23N3O2/c1-4-5-6-7-8-18-12(17)9-16-11(3)13(14)10(2)15-16/h4-9,14H2,1-3H3. The summed E-state index contributed by atoms with van der Waals surface area (Å²) in [4.78, 5) is 11.6. The fourth-order valence-corrected chi connectivity index (χ4v) is 1.75. The Hall–Kier alpha value is -1.52. The second-order valence-electron chi connectivity index (χ2n) is 4.52. The topological polar surface area (TPSA) is 70.1 Å². The van der Waals surface area contributed by atoms with E-state index in [-0.39, 0.29) is 12.5 Å². The number of nitrogens with two attached hydrogens (primary N) is 1. The lowest BCUT2D eigenvalue weighted by Crippen LogP contribution is -2.16. The van der Waals surface area contributed by atoms with Crippen molar-refractivity contribution in [1.29, 1.82) is 0 Å². The van der Waals surface area contributed by atoms with Crippen LogP contribution in [0.4, 0.5) is 5.69 Å². The Kier molecular flexibility index (Phi) is 5.68. The molecule has 0 aliphatic carbocycles. The molecule has 0 bridgehead atoms. The van der Waals surface area contributed by atoms with Crippen molar-refractivity contribution >= 4 is 11.7 Å². The smallest absolute Gasteiger partial charge is 0.327 e. The minimum absolute atomic E-state index is 0.137. The quantitative estimate of drug-likeness (QED) is 0.597. The van der Waals surface area contributed by atoms with E-state index < -0.39 is 0 Å². The molecule has 0 fully saturated rings. The van der Waals surface area contributed by atoms with Gasteiger partial charge in [0.15, 0.2) is 0 Å². The van der Waals surface area contributed by atoms with E-state index in [1.165, 1.54) is 12.8 Å². The van der Waals surface area contributed by atoms with E-state index in [2.05, 4.69) is 12.0 Å². The third kappa shape index (κ3) is 4.05. The lowest BCUT2D eigenvalue weighted by atomic mass is 10.2. The van der Waals surface area contributed by atoms with Gasteiger partial charge in [-0.25, -0.2) is 0 Å². The van der Waals surface area contributed by atoms with Crippen molar-refractivity contribution in [2.75, 3.05) is 12.3 Å². The summed E-state index contributed by atoms with van der Waals surface area (Å²) in [5, 5.41) is 4.20. The normalized spacial score (nSPS) is 10.6. The largest absolute Gasteiger partial charge is 0.464 e. The van der Waals surface area contributed by atoms with Crippen LogP contribution in [-0.2, 0) is 16.1 Å². The number of unbranched alkanes of at least 4 members (excludes halogenated alkanes) is 3. The summed E-state index contributed by atoms with van der Waals surface area (Å²) in [5.74, 6) is -0.253. The number of anilines is 1. The number of rotatable bonds is 7. The first-order valence-electron chi connectivity index (χ1n) is 6.51. The van der Waals surface area contributed by atoms with Gasteiger partial charge in [0.05, 0.1) is 23.7 Å². The Bertz CT molecular complexity index is 399. The Morgan fingerprint density at radius 3 is 2.61 bits per heavy atom. The summed E-state index contributed by atoms with van der Waals surface area (Å²) in [6, 6.07) is 0. The Balaban J connectivity index is 2.33. The average Bonchev–Trinajstić information content (AvgIpc) is 2.57. The van der Waals surface area contributed by atoms with Crippen molar-refractivity contribution in [2.45, 2.75) is 53.0 Å². The molecule has 0 radical (unpaired) electrons. The monoisotopic (exact) mass is 253 g/mol. The highest BCUT2D eigenvalue weighted by molar-refractivity contribution is 5.69. The highest BCUT2D eigenvalue weighted by atomic mass is 16.5. The van der Waals surface area contributed by atoms with Crippen molar-refractivity contribution in [3.8, 4) is 0 Å². The van der Waals surface area contributed by atoms with Crippen LogP contribution in [-0.4, -0.2) is 22.4 Å². The Labute approximate surface area is 108 Å². The number of ether oxygens (including phenoxy) is 1. The fraction of sp³-hybridized carbons (Fsp3) is 0.692. The second-order valence-corrected chi connectivity index (χ2v) is 4.52. The third-order valence-electron chi connectivity index (χ3n) is 2.98. The van der Waals surface area contributed by atoms with Crippen LogP contribution in [0.5, 0.6) is 0 Å². The summed E-state index contributed by atoms with van der Waals surface area (Å²) in [7, 11) is 0. The maximum Gasteiger partial charge on any atom is 0.327 e. The second kappa shape index (κ2) is 7.03. The number of hydrogen-bond acceptors (Lipinski definition) is 4. The minimum atomic E-state index is -0.253. The third-order valence-corrected chi connectivity index (χ3v) is 2.98. The lowest BCUT2D eigenvalue weighted by Gasteiger charge is -2.06. The highest BCUT2D eigenvalue weighted by Gasteiger charge is 2.11. The molecule has 5 nitrogen and oxygen atoms in total. The maximum atomic E-state index is 11.6. The van der Waals surface area contributed by atoms with Gasteiger partial charge in [-0.05, 0) is 20.3 Å². The molecule has 0 amide bonds. The van der Waals surface area contributed by atoms with Crippen LogP contribution in [0.3, 0.4) is 0 Å². The molecule has 5 heteroatoms. The van der Waals surface area contributed by atoms with Crippen molar-refractivity contribution in [3.63, 3.8) is 0 Å². The van der Waals surface area contributed by atoms with Gasteiger partial charge in [-0.2, -0.15) is 5.10 Å². The van der Waals surface area contributed by atoms with E-state index in [1.54, 1.807) is 4.68 Å². The first kappa shape index (κ1) is 14.5. The fourth-order valence-electron chi connectivity index (χ4n) is 1.75. The number of hydrogen-bond donors (Lipinski definition) is 1. The number of carbonyl (C=O) groups is 1. The Morgan fingerprint density at radius 1 is 1.33 bits per heavy atom. The van der Waals surface area contributed by atoms with E-state index in [4.69, 9.17) is 10.5 Å². The Morgan fingerprint density at radius 2 is 2.06 bits per heavy atom. The van der Waals surface area contributed by atoms with Crippen LogP contribution >= 0.6 is 0 Å². The number of nitrogen functional groups attached to an aromatic ring is 1. The summed E-state index contributed by atoms with van der Waals surface area (Å²) in [5.41, 5.74) is 8.01. The number of carbonyl (C=O) groups excluding carboxylic acids is 1. The summed E-state index contributed by atoms with van der Waals surface area (Å²) in [6.45, 7) is 6.46. The van der Waals surface area contributed by atoms with Crippen LogP contribution < -0.4 is 5.73 Å². The van der Waals surface area contributed by atoms with Gasteiger partial charge in [0.1, 0.15) is 6.54 Å². The number of aromatic nitrogens is 2. The molecule has 1 heterocycles. The molecule has 1 aromatic rings. The van der Waals surface area contributed by atoms with Gasteiger partial charge in [-0.3, -0.25) is 9.48 Å². The van der Waals surface area contributed by atoms with Crippen molar-refractivity contribution in [3.05, 3.63) is 11.4 Å². The predicted molar refractivity (Wildman–Crippen MR) is 71.2 cm³/mol. The van der Waals surface area contributed by atoms with Gasteiger partial charge in [0.25, 0.3) is 0 Å². The summed E-state index contributed by atoms with van der Waals surface area (Å²) >= 11 is 0. The van der Waals surface area contributed by atoms with E-state index in [1.807, 2.05) is 13.8 Å². The van der Waals surface area contributed by atoms with E-state index >= 15 is 0 Å². The summed E-state index contributed by atoms with van der Waals surface area (Å²) < 4.78 is 6.75. The van der Waals surface area contributed by atoms with Crippen molar-refractivity contribution in [1.82, 2.24) is 9.78 Å². The minimum Gasteiger partial charge on any atom is -0.464 e. The molecule has 102 valence electrons. The molecule has 18 heavy (non-hydrogen) atoms. The molecule has 2 N–H and O–H groups in total. The van der Waals surface area contributed by atoms with Gasteiger partial charge in [-0.1, -0.05) is 26.2 Å². The molecule has 0 saturated carbocycles. The zero-order valence-electron chi connectivity index (χ0n) is 11.5. The first-order chi connectivity index (χ1) is 8.56. The van der Waals surface area contributed by atoms with Crippen LogP contribution in [0, 0.1) is 13.8 Å². The van der Waals surface area contributed by atoms with Crippen LogP contribution in [0.15, 0.2) is 0 Å². The number of nitrogens with zero attached hydrogens (tertiary/aromatic N) is 2. The van der Waals surface area contributed by atoms with E-state index in [9.17, 15) is 4.79 Å². The predicted octanol–water partition coefficient (Wildman–Crippen LogP) is 2.21. The molecule has 1 rings (SSSR count).